The van der Waals surface area contributed by atoms with Crippen molar-refractivity contribution < 1.29 is 13.7 Å². The Morgan fingerprint density at radius 2 is 2.00 bits per heavy atom. The number of hydrogen-bond acceptors (Lipinski definition) is 3. The first-order chi connectivity index (χ1) is 9.95. The van der Waals surface area contributed by atoms with Crippen LogP contribution in [0.15, 0.2) is 18.2 Å². The summed E-state index contributed by atoms with van der Waals surface area (Å²) in [5, 5.41) is 13.7. The molecule has 1 N–H and O–H groups in total. The van der Waals surface area contributed by atoms with Gasteiger partial charge in [-0.05, 0) is 19.4 Å². The molecule has 0 radical (unpaired) electrons. The van der Waals surface area contributed by atoms with Crippen molar-refractivity contribution in [3.63, 3.8) is 0 Å². The molecule has 1 atom stereocenters. The zero-order chi connectivity index (χ0) is 15.8. The lowest BCUT2D eigenvalue weighted by molar-refractivity contribution is -0.385. The standard InChI is InChI=1S/C15H22F2N2O2/c1-3-4-5-6-7-11(2)18-14-9-8-12(19(20)21)10-13(14)15(16)17/h8-11,15,18H,3-7H2,1-2H3. The van der Waals surface area contributed by atoms with Crippen LogP contribution in [0.25, 0.3) is 0 Å². The molecule has 0 amide bonds. The van der Waals surface area contributed by atoms with Crippen molar-refractivity contribution in [1.29, 1.82) is 0 Å². The summed E-state index contributed by atoms with van der Waals surface area (Å²) in [6, 6.07) is 3.61. The first-order valence-electron chi connectivity index (χ1n) is 7.28. The van der Waals surface area contributed by atoms with Crippen LogP contribution in [0.1, 0.15) is 57.9 Å². The summed E-state index contributed by atoms with van der Waals surface area (Å²) in [5.41, 5.74) is -0.352. The molecule has 0 saturated heterocycles. The Morgan fingerprint density at radius 1 is 1.29 bits per heavy atom. The third kappa shape index (κ3) is 5.65. The van der Waals surface area contributed by atoms with Crippen LogP contribution < -0.4 is 5.32 Å². The number of hydrogen-bond donors (Lipinski definition) is 1. The second-order valence-electron chi connectivity index (χ2n) is 5.22. The van der Waals surface area contributed by atoms with E-state index >= 15 is 0 Å². The molecule has 6 heteroatoms. The molecular weight excluding hydrogens is 278 g/mol. The van der Waals surface area contributed by atoms with E-state index in [1.807, 2.05) is 6.92 Å². The lowest BCUT2D eigenvalue weighted by Gasteiger charge is -2.17. The molecule has 4 nitrogen and oxygen atoms in total. The number of anilines is 1. The number of nitro groups is 1. The van der Waals surface area contributed by atoms with Crippen LogP contribution >= 0.6 is 0 Å². The van der Waals surface area contributed by atoms with Crippen LogP contribution in [0, 0.1) is 10.1 Å². The summed E-state index contributed by atoms with van der Waals surface area (Å²) in [6.45, 7) is 4.07. The van der Waals surface area contributed by atoms with Crippen molar-refractivity contribution in [2.24, 2.45) is 0 Å². The molecule has 21 heavy (non-hydrogen) atoms. The van der Waals surface area contributed by atoms with Crippen molar-refractivity contribution in [3.05, 3.63) is 33.9 Å². The Bertz CT molecular complexity index is 467. The van der Waals surface area contributed by atoms with E-state index in [1.165, 1.54) is 18.6 Å². The van der Waals surface area contributed by atoms with Gasteiger partial charge in [-0.15, -0.1) is 0 Å². The van der Waals surface area contributed by atoms with Gasteiger partial charge in [-0.3, -0.25) is 10.1 Å². The van der Waals surface area contributed by atoms with Crippen molar-refractivity contribution in [3.8, 4) is 0 Å². The summed E-state index contributed by atoms with van der Waals surface area (Å²) < 4.78 is 26.0. The summed E-state index contributed by atoms with van der Waals surface area (Å²) in [6.07, 6.45) is 2.65. The van der Waals surface area contributed by atoms with E-state index in [0.717, 1.165) is 31.7 Å². The Balaban J connectivity index is 2.71. The maximum absolute atomic E-state index is 13.0. The van der Waals surface area contributed by atoms with E-state index in [4.69, 9.17) is 0 Å². The molecule has 118 valence electrons. The molecule has 0 heterocycles. The van der Waals surface area contributed by atoms with E-state index in [9.17, 15) is 18.9 Å². The smallest absolute Gasteiger partial charge is 0.270 e. The van der Waals surface area contributed by atoms with E-state index in [0.29, 0.717) is 0 Å². The highest BCUT2D eigenvalue weighted by atomic mass is 19.3. The predicted octanol–water partition coefficient (Wildman–Crippen LogP) is 5.30. The highest BCUT2D eigenvalue weighted by Gasteiger charge is 2.18. The summed E-state index contributed by atoms with van der Waals surface area (Å²) in [7, 11) is 0. The first-order valence-corrected chi connectivity index (χ1v) is 7.28. The quantitative estimate of drug-likeness (QED) is 0.382. The second kappa shape index (κ2) is 8.54. The van der Waals surface area contributed by atoms with Gasteiger partial charge in [-0.2, -0.15) is 0 Å². The molecule has 0 aliphatic rings. The fraction of sp³-hybridized carbons (Fsp3) is 0.600. The van der Waals surface area contributed by atoms with Gasteiger partial charge < -0.3 is 5.32 Å². The van der Waals surface area contributed by atoms with Crippen LogP contribution in [0.5, 0.6) is 0 Å². The van der Waals surface area contributed by atoms with Crippen molar-refractivity contribution >= 4 is 11.4 Å². The molecule has 0 saturated carbocycles. The Labute approximate surface area is 123 Å². The van der Waals surface area contributed by atoms with Crippen LogP contribution in [-0.2, 0) is 0 Å². The Kier molecular flexibility index (Phi) is 7.05. The van der Waals surface area contributed by atoms with Crippen LogP contribution in [-0.4, -0.2) is 11.0 Å². The fourth-order valence-electron chi connectivity index (χ4n) is 2.19. The van der Waals surface area contributed by atoms with Gasteiger partial charge in [0, 0.05) is 29.4 Å². The number of alkyl halides is 2. The fourth-order valence-corrected chi connectivity index (χ4v) is 2.19. The third-order valence-electron chi connectivity index (χ3n) is 3.37. The Hall–Kier alpha value is -1.72. The molecule has 1 unspecified atom stereocenters. The number of nitrogens with zero attached hydrogens (tertiary/aromatic N) is 1. The monoisotopic (exact) mass is 300 g/mol. The number of unbranched alkanes of at least 4 members (excludes halogenated alkanes) is 3. The number of rotatable bonds is 9. The topological polar surface area (TPSA) is 55.2 Å². The molecule has 0 aliphatic heterocycles. The van der Waals surface area contributed by atoms with Gasteiger partial charge >= 0.3 is 0 Å². The summed E-state index contributed by atoms with van der Waals surface area (Å²) in [4.78, 5) is 9.99. The minimum Gasteiger partial charge on any atom is -0.382 e. The molecule has 0 aliphatic carbocycles. The maximum Gasteiger partial charge on any atom is 0.270 e. The third-order valence-corrected chi connectivity index (χ3v) is 3.37. The molecule has 1 aromatic rings. The minimum absolute atomic E-state index is 0.0563. The lowest BCUT2D eigenvalue weighted by Crippen LogP contribution is -2.16. The predicted molar refractivity (Wildman–Crippen MR) is 79.9 cm³/mol. The number of benzene rings is 1. The van der Waals surface area contributed by atoms with E-state index in [1.54, 1.807) is 0 Å². The van der Waals surface area contributed by atoms with Gasteiger partial charge in [-0.1, -0.05) is 32.6 Å². The molecule has 1 aromatic carbocycles. The average molecular weight is 300 g/mol. The largest absolute Gasteiger partial charge is 0.382 e. The highest BCUT2D eigenvalue weighted by Crippen LogP contribution is 2.31. The SMILES string of the molecule is CCCCCCC(C)Nc1ccc([N+](=O)[O-])cc1C(F)F. The van der Waals surface area contributed by atoms with Crippen LogP contribution in [0.2, 0.25) is 0 Å². The normalized spacial score (nSPS) is 12.4. The zero-order valence-corrected chi connectivity index (χ0v) is 12.4. The van der Waals surface area contributed by atoms with Gasteiger partial charge in [0.05, 0.1) is 4.92 Å². The number of nitrogens with one attached hydrogen (secondary N) is 1. The van der Waals surface area contributed by atoms with Crippen molar-refractivity contribution in [1.82, 2.24) is 0 Å². The molecule has 0 bridgehead atoms. The molecule has 0 spiro atoms. The Morgan fingerprint density at radius 3 is 2.57 bits per heavy atom. The number of halogens is 2. The summed E-state index contributed by atoms with van der Waals surface area (Å²) in [5.74, 6) is 0. The highest BCUT2D eigenvalue weighted by molar-refractivity contribution is 5.57. The summed E-state index contributed by atoms with van der Waals surface area (Å²) >= 11 is 0. The molecule has 0 aromatic heterocycles. The van der Waals surface area contributed by atoms with Crippen LogP contribution in [0.4, 0.5) is 20.2 Å². The van der Waals surface area contributed by atoms with Gasteiger partial charge in [0.1, 0.15) is 0 Å². The minimum atomic E-state index is -2.74. The van der Waals surface area contributed by atoms with Gasteiger partial charge in [0.15, 0.2) is 0 Å². The maximum atomic E-state index is 13.0. The van der Waals surface area contributed by atoms with Crippen molar-refractivity contribution in [2.45, 2.75) is 58.4 Å². The van der Waals surface area contributed by atoms with Crippen molar-refractivity contribution in [2.75, 3.05) is 5.32 Å². The zero-order valence-electron chi connectivity index (χ0n) is 12.4. The average Bonchev–Trinajstić information content (AvgIpc) is 2.43. The van der Waals surface area contributed by atoms with Gasteiger partial charge in [-0.25, -0.2) is 8.78 Å². The first kappa shape index (κ1) is 17.3. The molecule has 1 rings (SSSR count). The van der Waals surface area contributed by atoms with E-state index in [-0.39, 0.29) is 23.0 Å². The van der Waals surface area contributed by atoms with E-state index in [2.05, 4.69) is 12.2 Å². The number of non-ortho nitro benzene ring substituents is 1. The molecular formula is C15H22F2N2O2. The molecule has 0 fully saturated rings. The van der Waals surface area contributed by atoms with Crippen LogP contribution in [0.3, 0.4) is 0 Å². The van der Waals surface area contributed by atoms with Gasteiger partial charge in [0.2, 0.25) is 0 Å². The number of nitro benzene ring substituents is 1. The van der Waals surface area contributed by atoms with Gasteiger partial charge in [0.25, 0.3) is 12.1 Å². The second-order valence-corrected chi connectivity index (χ2v) is 5.22. The van der Waals surface area contributed by atoms with E-state index < -0.39 is 11.3 Å². The lowest BCUT2D eigenvalue weighted by atomic mass is 10.1.